The van der Waals surface area contributed by atoms with E-state index in [0.717, 1.165) is 6.07 Å². The second kappa shape index (κ2) is 6.65. The molecule has 0 aliphatic carbocycles. The number of nitrogens with zero attached hydrogens (tertiary/aromatic N) is 4. The molecule has 3 aromatic rings. The van der Waals surface area contributed by atoms with Gasteiger partial charge in [-0.2, -0.15) is 4.68 Å². The van der Waals surface area contributed by atoms with Gasteiger partial charge in [-0.25, -0.2) is 4.39 Å². The molecule has 0 bridgehead atoms. The number of nitrogens with one attached hydrogen (secondary N) is 2. The molecule has 0 aliphatic rings. The predicted octanol–water partition coefficient (Wildman–Crippen LogP) is 0.876. The molecule has 0 aliphatic heterocycles. The third-order valence-electron chi connectivity index (χ3n) is 3.15. The van der Waals surface area contributed by atoms with Gasteiger partial charge in [-0.15, -0.1) is 5.10 Å². The number of aromatic nitrogens is 4. The molecule has 9 heteroatoms. The minimum Gasteiger partial charge on any atom is -0.267 e. The van der Waals surface area contributed by atoms with E-state index >= 15 is 0 Å². The lowest BCUT2D eigenvalue weighted by molar-refractivity contribution is 0.0844. The quantitative estimate of drug-likeness (QED) is 0.696. The maximum Gasteiger partial charge on any atom is 0.272 e. The van der Waals surface area contributed by atoms with Gasteiger partial charge in [-0.3, -0.25) is 20.4 Å². The summed E-state index contributed by atoms with van der Waals surface area (Å²) in [6.07, 6.45) is 1.34. The van der Waals surface area contributed by atoms with Crippen molar-refractivity contribution >= 4 is 11.8 Å². The number of tetrazole rings is 1. The lowest BCUT2D eigenvalue weighted by atomic mass is 10.1. The van der Waals surface area contributed by atoms with Gasteiger partial charge in [0.2, 0.25) is 0 Å². The fourth-order valence-electron chi connectivity index (χ4n) is 2.03. The Balaban J connectivity index is 1.75. The van der Waals surface area contributed by atoms with Crippen LogP contribution in [0.25, 0.3) is 5.69 Å². The molecular weight excluding hydrogens is 315 g/mol. The van der Waals surface area contributed by atoms with E-state index in [0.29, 0.717) is 5.69 Å². The molecule has 0 spiro atoms. The normalized spacial score (nSPS) is 10.2. The summed E-state index contributed by atoms with van der Waals surface area (Å²) in [4.78, 5) is 24.2. The second-order valence-corrected chi connectivity index (χ2v) is 4.66. The molecule has 24 heavy (non-hydrogen) atoms. The molecule has 8 nitrogen and oxygen atoms in total. The van der Waals surface area contributed by atoms with Crippen LogP contribution in [0.3, 0.4) is 0 Å². The second-order valence-electron chi connectivity index (χ2n) is 4.66. The number of hydrazine groups is 1. The Kier molecular flexibility index (Phi) is 4.23. The van der Waals surface area contributed by atoms with Gasteiger partial charge in [0.25, 0.3) is 11.8 Å². The third kappa shape index (κ3) is 3.09. The summed E-state index contributed by atoms with van der Waals surface area (Å²) in [6, 6.07) is 12.0. The van der Waals surface area contributed by atoms with Gasteiger partial charge in [-0.1, -0.05) is 24.3 Å². The van der Waals surface area contributed by atoms with Gasteiger partial charge >= 0.3 is 0 Å². The molecule has 3 rings (SSSR count). The molecule has 1 aromatic heterocycles. The van der Waals surface area contributed by atoms with Crippen LogP contribution in [0.4, 0.5) is 4.39 Å². The minimum absolute atomic E-state index is 0.174. The zero-order chi connectivity index (χ0) is 16.9. The molecule has 0 unspecified atom stereocenters. The van der Waals surface area contributed by atoms with E-state index in [1.54, 1.807) is 24.3 Å². The van der Waals surface area contributed by atoms with Crippen molar-refractivity contribution in [2.24, 2.45) is 0 Å². The van der Waals surface area contributed by atoms with Gasteiger partial charge in [0, 0.05) is 0 Å². The van der Waals surface area contributed by atoms with Crippen LogP contribution in [0, 0.1) is 5.82 Å². The fraction of sp³-hybridized carbons (Fsp3) is 0. The van der Waals surface area contributed by atoms with Crippen molar-refractivity contribution in [2.45, 2.75) is 0 Å². The van der Waals surface area contributed by atoms with Crippen LogP contribution in [0.2, 0.25) is 0 Å². The van der Waals surface area contributed by atoms with Crippen molar-refractivity contribution in [3.63, 3.8) is 0 Å². The van der Waals surface area contributed by atoms with Crippen LogP contribution < -0.4 is 10.9 Å². The molecule has 2 amide bonds. The molecule has 0 saturated carbocycles. The minimum atomic E-state index is -0.763. The SMILES string of the molecule is O=C(NNC(=O)c1ccccc1-n1cnnn1)c1ccccc1F. The Bertz CT molecular complexity index is 881. The summed E-state index contributed by atoms with van der Waals surface area (Å²) in [6.45, 7) is 0. The fourth-order valence-corrected chi connectivity index (χ4v) is 2.03. The van der Waals surface area contributed by atoms with Crippen LogP contribution in [-0.4, -0.2) is 32.0 Å². The average Bonchev–Trinajstić information content (AvgIpc) is 3.14. The summed E-state index contributed by atoms with van der Waals surface area (Å²) in [5, 5.41) is 10.7. The number of hydrogen-bond acceptors (Lipinski definition) is 5. The van der Waals surface area contributed by atoms with Gasteiger partial charge < -0.3 is 0 Å². The lowest BCUT2D eigenvalue weighted by Gasteiger charge is -2.10. The van der Waals surface area contributed by atoms with E-state index in [2.05, 4.69) is 26.4 Å². The van der Waals surface area contributed by atoms with Gasteiger partial charge in [0.15, 0.2) is 0 Å². The van der Waals surface area contributed by atoms with E-state index in [9.17, 15) is 14.0 Å². The number of benzene rings is 2. The number of carbonyl (C=O) groups is 2. The highest BCUT2D eigenvalue weighted by Crippen LogP contribution is 2.12. The Hall–Kier alpha value is -3.62. The Morgan fingerprint density at radius 2 is 1.54 bits per heavy atom. The zero-order valence-electron chi connectivity index (χ0n) is 12.2. The molecule has 0 radical (unpaired) electrons. The van der Waals surface area contributed by atoms with Crippen molar-refractivity contribution in [1.29, 1.82) is 0 Å². The van der Waals surface area contributed by atoms with Crippen molar-refractivity contribution in [2.75, 3.05) is 0 Å². The largest absolute Gasteiger partial charge is 0.272 e. The molecule has 2 N–H and O–H groups in total. The lowest BCUT2D eigenvalue weighted by Crippen LogP contribution is -2.42. The Morgan fingerprint density at radius 3 is 2.21 bits per heavy atom. The van der Waals surface area contributed by atoms with Crippen molar-refractivity contribution in [3.05, 3.63) is 71.8 Å². The highest BCUT2D eigenvalue weighted by atomic mass is 19.1. The number of para-hydroxylation sites is 1. The molecule has 0 atom stereocenters. The Labute approximate surface area is 135 Å². The van der Waals surface area contributed by atoms with Crippen LogP contribution in [0.5, 0.6) is 0 Å². The van der Waals surface area contributed by atoms with E-state index in [1.165, 1.54) is 29.2 Å². The molecule has 2 aromatic carbocycles. The highest BCUT2D eigenvalue weighted by molar-refractivity contribution is 6.01. The van der Waals surface area contributed by atoms with E-state index in [4.69, 9.17) is 0 Å². The number of amides is 2. The van der Waals surface area contributed by atoms with Crippen molar-refractivity contribution < 1.29 is 14.0 Å². The first-order valence-electron chi connectivity index (χ1n) is 6.84. The van der Waals surface area contributed by atoms with Crippen molar-refractivity contribution in [1.82, 2.24) is 31.1 Å². The number of hydrogen-bond donors (Lipinski definition) is 2. The monoisotopic (exact) mass is 326 g/mol. The summed E-state index contributed by atoms with van der Waals surface area (Å²) >= 11 is 0. The standard InChI is InChI=1S/C15H11FN6O2/c16-12-7-3-1-5-10(12)14(23)18-19-15(24)11-6-2-4-8-13(11)22-9-17-20-21-22/h1-9H,(H,18,23)(H,19,24). The first kappa shape index (κ1) is 15.3. The highest BCUT2D eigenvalue weighted by Gasteiger charge is 2.15. The summed E-state index contributed by atoms with van der Waals surface area (Å²) in [7, 11) is 0. The Morgan fingerprint density at radius 1 is 0.917 bits per heavy atom. The average molecular weight is 326 g/mol. The van der Waals surface area contributed by atoms with Crippen LogP contribution >= 0.6 is 0 Å². The first-order valence-corrected chi connectivity index (χ1v) is 6.84. The summed E-state index contributed by atoms with van der Waals surface area (Å²) in [5.74, 6) is -2.04. The number of halogens is 1. The van der Waals surface area contributed by atoms with E-state index < -0.39 is 17.6 Å². The third-order valence-corrected chi connectivity index (χ3v) is 3.15. The number of rotatable bonds is 3. The van der Waals surface area contributed by atoms with Crippen LogP contribution in [0.1, 0.15) is 20.7 Å². The maximum atomic E-state index is 13.5. The predicted molar refractivity (Wildman–Crippen MR) is 80.5 cm³/mol. The molecular formula is C15H11FN6O2. The molecule has 1 heterocycles. The molecule has 120 valence electrons. The van der Waals surface area contributed by atoms with Crippen LogP contribution in [0.15, 0.2) is 54.9 Å². The van der Waals surface area contributed by atoms with Crippen LogP contribution in [-0.2, 0) is 0 Å². The van der Waals surface area contributed by atoms with Gasteiger partial charge in [0.05, 0.1) is 16.8 Å². The summed E-state index contributed by atoms with van der Waals surface area (Å²) in [5.41, 5.74) is 4.90. The van der Waals surface area contributed by atoms with Gasteiger partial charge in [0.1, 0.15) is 12.1 Å². The van der Waals surface area contributed by atoms with E-state index in [-0.39, 0.29) is 11.1 Å². The topological polar surface area (TPSA) is 102 Å². The summed E-state index contributed by atoms with van der Waals surface area (Å²) < 4.78 is 14.9. The van der Waals surface area contributed by atoms with Gasteiger partial charge in [-0.05, 0) is 34.7 Å². The smallest absolute Gasteiger partial charge is 0.267 e. The zero-order valence-corrected chi connectivity index (χ0v) is 12.2. The maximum absolute atomic E-state index is 13.5. The van der Waals surface area contributed by atoms with E-state index in [1.807, 2.05) is 0 Å². The first-order chi connectivity index (χ1) is 11.7. The molecule has 0 fully saturated rings. The van der Waals surface area contributed by atoms with Crippen molar-refractivity contribution in [3.8, 4) is 5.69 Å². The number of carbonyl (C=O) groups excluding carboxylic acids is 2. The molecule has 0 saturated heterocycles.